The van der Waals surface area contributed by atoms with E-state index < -0.39 is 18.5 Å². The molecular formula is C26H27N3O5. The summed E-state index contributed by atoms with van der Waals surface area (Å²) in [4.78, 5) is 39.1. The van der Waals surface area contributed by atoms with E-state index >= 15 is 0 Å². The van der Waals surface area contributed by atoms with Crippen molar-refractivity contribution < 1.29 is 23.9 Å². The summed E-state index contributed by atoms with van der Waals surface area (Å²) in [5, 5.41) is 2.76. The van der Waals surface area contributed by atoms with E-state index in [1.54, 1.807) is 36.3 Å². The summed E-state index contributed by atoms with van der Waals surface area (Å²) in [7, 11) is 1.61. The van der Waals surface area contributed by atoms with Gasteiger partial charge in [-0.1, -0.05) is 12.1 Å². The monoisotopic (exact) mass is 461 g/mol. The summed E-state index contributed by atoms with van der Waals surface area (Å²) in [6.07, 6.45) is 1.28. The molecule has 0 atom stereocenters. The Morgan fingerprint density at radius 3 is 2.47 bits per heavy atom. The zero-order valence-electron chi connectivity index (χ0n) is 19.5. The van der Waals surface area contributed by atoms with Crippen LogP contribution in [0.2, 0.25) is 0 Å². The molecule has 4 rings (SSSR count). The second-order valence-corrected chi connectivity index (χ2v) is 8.11. The van der Waals surface area contributed by atoms with Gasteiger partial charge < -0.3 is 24.3 Å². The van der Waals surface area contributed by atoms with Crippen molar-refractivity contribution in [1.82, 2.24) is 4.57 Å². The average Bonchev–Trinajstić information content (AvgIpc) is 3.40. The van der Waals surface area contributed by atoms with Gasteiger partial charge in [0, 0.05) is 30.0 Å². The van der Waals surface area contributed by atoms with Gasteiger partial charge in [0.15, 0.2) is 6.61 Å². The molecule has 176 valence electrons. The van der Waals surface area contributed by atoms with Crippen LogP contribution < -0.4 is 15.0 Å². The minimum Gasteiger partial charge on any atom is -0.497 e. The topological polar surface area (TPSA) is 89.9 Å². The molecule has 2 heterocycles. The Hall–Kier alpha value is -4.07. The minimum atomic E-state index is -0.578. The fourth-order valence-corrected chi connectivity index (χ4v) is 4.21. The molecule has 1 aliphatic rings. The number of para-hydroxylation sites is 2. The van der Waals surface area contributed by atoms with Gasteiger partial charge >= 0.3 is 5.97 Å². The predicted molar refractivity (Wildman–Crippen MR) is 129 cm³/mol. The first-order valence-electron chi connectivity index (χ1n) is 11.1. The van der Waals surface area contributed by atoms with Crippen LogP contribution in [0, 0.1) is 13.8 Å². The van der Waals surface area contributed by atoms with Crippen molar-refractivity contribution in [2.75, 3.05) is 30.5 Å². The zero-order chi connectivity index (χ0) is 24.2. The smallest absolute Gasteiger partial charge is 0.340 e. The van der Waals surface area contributed by atoms with Crippen LogP contribution in [0.4, 0.5) is 11.4 Å². The lowest BCUT2D eigenvalue weighted by molar-refractivity contribution is -0.119. The Balaban J connectivity index is 1.43. The molecule has 0 aliphatic carbocycles. The molecule has 3 aromatic rings. The Bertz CT molecular complexity index is 1230. The number of hydrogen-bond acceptors (Lipinski definition) is 5. The number of aryl methyl sites for hydroxylation is 1. The van der Waals surface area contributed by atoms with Gasteiger partial charge in [-0.2, -0.15) is 0 Å². The molecule has 0 bridgehead atoms. The highest BCUT2D eigenvalue weighted by Crippen LogP contribution is 2.29. The number of nitrogens with zero attached hydrogens (tertiary/aromatic N) is 2. The number of aromatic nitrogens is 1. The third-order valence-electron chi connectivity index (χ3n) is 5.86. The number of nitrogens with one attached hydrogen (secondary N) is 1. The van der Waals surface area contributed by atoms with Crippen LogP contribution in [0.1, 0.15) is 34.6 Å². The molecule has 1 N–H and O–H groups in total. The number of benzene rings is 2. The molecule has 0 unspecified atom stereocenters. The van der Waals surface area contributed by atoms with Crippen LogP contribution in [-0.4, -0.2) is 42.6 Å². The van der Waals surface area contributed by atoms with Crippen LogP contribution in [0.3, 0.4) is 0 Å². The van der Waals surface area contributed by atoms with E-state index in [9.17, 15) is 14.4 Å². The van der Waals surface area contributed by atoms with Crippen molar-refractivity contribution in [3.63, 3.8) is 0 Å². The number of carbonyl (C=O) groups excluding carboxylic acids is 3. The second-order valence-electron chi connectivity index (χ2n) is 8.11. The number of rotatable bonds is 7. The van der Waals surface area contributed by atoms with Crippen molar-refractivity contribution >= 4 is 29.2 Å². The zero-order valence-corrected chi connectivity index (χ0v) is 19.5. The molecule has 1 saturated heterocycles. The van der Waals surface area contributed by atoms with Crippen molar-refractivity contribution in [3.05, 3.63) is 71.5 Å². The molecule has 2 aromatic carbocycles. The third-order valence-corrected chi connectivity index (χ3v) is 5.86. The Kier molecular flexibility index (Phi) is 6.67. The van der Waals surface area contributed by atoms with E-state index in [0.29, 0.717) is 35.6 Å². The first kappa shape index (κ1) is 23.1. The standard InChI is InChI=1S/C26H27N3O5/c1-17-15-21(18(2)29(17)19-10-12-20(33-3)13-11-19)26(32)34-16-24(30)27-22-7-4-5-8-23(22)28-14-6-9-25(28)31/h4-5,7-8,10-13,15H,6,9,14,16H2,1-3H3,(H,27,30). The van der Waals surface area contributed by atoms with Gasteiger partial charge in [-0.15, -0.1) is 0 Å². The summed E-state index contributed by atoms with van der Waals surface area (Å²) >= 11 is 0. The van der Waals surface area contributed by atoms with E-state index in [4.69, 9.17) is 9.47 Å². The number of ether oxygens (including phenoxy) is 2. The third kappa shape index (κ3) is 4.66. The van der Waals surface area contributed by atoms with E-state index in [1.807, 2.05) is 48.7 Å². The van der Waals surface area contributed by atoms with Gasteiger partial charge in [0.25, 0.3) is 5.91 Å². The van der Waals surface area contributed by atoms with E-state index in [0.717, 1.165) is 23.6 Å². The lowest BCUT2D eigenvalue weighted by Crippen LogP contribution is -2.27. The van der Waals surface area contributed by atoms with Gasteiger partial charge in [-0.25, -0.2) is 4.79 Å². The molecule has 1 fully saturated rings. The van der Waals surface area contributed by atoms with Gasteiger partial charge in [-0.3, -0.25) is 9.59 Å². The first-order chi connectivity index (χ1) is 16.4. The maximum Gasteiger partial charge on any atom is 0.340 e. The highest BCUT2D eigenvalue weighted by atomic mass is 16.5. The summed E-state index contributed by atoms with van der Waals surface area (Å²) in [6.45, 7) is 3.91. The average molecular weight is 462 g/mol. The lowest BCUT2D eigenvalue weighted by atomic mass is 10.2. The number of esters is 1. The molecule has 8 nitrogen and oxygen atoms in total. The molecule has 0 spiro atoms. The Morgan fingerprint density at radius 1 is 1.06 bits per heavy atom. The molecular weight excluding hydrogens is 434 g/mol. The molecule has 1 aliphatic heterocycles. The van der Waals surface area contributed by atoms with Gasteiger partial charge in [0.1, 0.15) is 5.75 Å². The Labute approximate surface area is 198 Å². The fraction of sp³-hybridized carbons (Fsp3) is 0.269. The van der Waals surface area contributed by atoms with Crippen LogP contribution in [0.15, 0.2) is 54.6 Å². The molecule has 0 saturated carbocycles. The van der Waals surface area contributed by atoms with Gasteiger partial charge in [0.2, 0.25) is 5.91 Å². The lowest BCUT2D eigenvalue weighted by Gasteiger charge is -2.19. The van der Waals surface area contributed by atoms with Crippen LogP contribution >= 0.6 is 0 Å². The van der Waals surface area contributed by atoms with Crippen molar-refractivity contribution in [3.8, 4) is 11.4 Å². The van der Waals surface area contributed by atoms with Crippen LogP contribution in [-0.2, 0) is 14.3 Å². The minimum absolute atomic E-state index is 0.0281. The normalized spacial score (nSPS) is 13.1. The van der Waals surface area contributed by atoms with Crippen molar-refractivity contribution in [2.24, 2.45) is 0 Å². The number of carbonyl (C=O) groups is 3. The summed E-state index contributed by atoms with van der Waals surface area (Å²) < 4.78 is 12.5. The molecule has 2 amide bonds. The van der Waals surface area contributed by atoms with Gasteiger partial charge in [0.05, 0.1) is 24.0 Å². The molecule has 34 heavy (non-hydrogen) atoms. The number of anilines is 2. The maximum atomic E-state index is 12.8. The van der Waals surface area contributed by atoms with Crippen molar-refractivity contribution in [1.29, 1.82) is 0 Å². The van der Waals surface area contributed by atoms with E-state index in [-0.39, 0.29) is 5.91 Å². The Morgan fingerprint density at radius 2 is 1.79 bits per heavy atom. The quantitative estimate of drug-likeness (QED) is 0.537. The molecule has 8 heteroatoms. The number of hydrogen-bond donors (Lipinski definition) is 1. The SMILES string of the molecule is COc1ccc(-n2c(C)cc(C(=O)OCC(=O)Nc3ccccc3N3CCCC3=O)c2C)cc1. The first-order valence-corrected chi connectivity index (χ1v) is 11.1. The summed E-state index contributed by atoms with van der Waals surface area (Å²) in [6, 6.07) is 16.4. The van der Waals surface area contributed by atoms with Crippen molar-refractivity contribution in [2.45, 2.75) is 26.7 Å². The molecule has 0 radical (unpaired) electrons. The highest BCUT2D eigenvalue weighted by Gasteiger charge is 2.24. The van der Waals surface area contributed by atoms with E-state index in [1.165, 1.54) is 0 Å². The maximum absolute atomic E-state index is 12.8. The predicted octanol–water partition coefficient (Wildman–Crippen LogP) is 4.03. The summed E-state index contributed by atoms with van der Waals surface area (Å²) in [5.41, 5.74) is 4.02. The fourth-order valence-electron chi connectivity index (χ4n) is 4.21. The van der Waals surface area contributed by atoms with Crippen LogP contribution in [0.25, 0.3) is 5.69 Å². The summed E-state index contributed by atoms with van der Waals surface area (Å²) in [5.74, 6) is -0.282. The number of amides is 2. The van der Waals surface area contributed by atoms with Gasteiger partial charge in [-0.05, 0) is 62.7 Å². The second kappa shape index (κ2) is 9.82. The van der Waals surface area contributed by atoms with Crippen LogP contribution in [0.5, 0.6) is 5.75 Å². The number of methoxy groups -OCH3 is 1. The van der Waals surface area contributed by atoms with E-state index in [2.05, 4.69) is 5.32 Å². The highest BCUT2D eigenvalue weighted by molar-refractivity contribution is 6.03. The largest absolute Gasteiger partial charge is 0.497 e. The molecule has 1 aromatic heterocycles.